The second kappa shape index (κ2) is 39.3. The van der Waals surface area contributed by atoms with Crippen LogP contribution in [-0.2, 0) is 33.8 Å². The van der Waals surface area contributed by atoms with Crippen LogP contribution in [-0.4, -0.2) is 54.9 Å². The fourth-order valence-electron chi connectivity index (χ4n) is 8.55. The molecule has 0 fully saturated rings. The van der Waals surface area contributed by atoms with E-state index in [4.69, 9.17) is 4.74 Å². The molecule has 0 radical (unpaired) electrons. The monoisotopic (exact) mass is 811 g/mol. The van der Waals surface area contributed by atoms with Crippen LogP contribution in [0.3, 0.4) is 0 Å². The lowest BCUT2D eigenvalue weighted by Crippen LogP contribution is -2.41. The molecule has 58 heavy (non-hydrogen) atoms. The van der Waals surface area contributed by atoms with E-state index in [9.17, 15) is 9.59 Å². The molecule has 1 amide bonds. The van der Waals surface area contributed by atoms with E-state index in [0.29, 0.717) is 25.4 Å². The third-order valence-corrected chi connectivity index (χ3v) is 12.2. The van der Waals surface area contributed by atoms with E-state index < -0.39 is 0 Å². The Hall–Kier alpha value is -1.88. The minimum absolute atomic E-state index is 0.0858. The third kappa shape index (κ3) is 31.1. The highest BCUT2D eigenvalue weighted by Crippen LogP contribution is 2.22. The summed E-state index contributed by atoms with van der Waals surface area (Å²) in [6, 6.07) is 7.23. The number of carbonyl (C=O) groups is 2. The van der Waals surface area contributed by atoms with Gasteiger partial charge in [-0.1, -0.05) is 200 Å². The Kier molecular flexibility index (Phi) is 36.7. The standard InChI is InChI=1S/C53H98N2O3/c1-7-11-15-19-21-23-24-26-28-32-40-52(56)55(43-35-42-54(5)6)51(38-31-27-25-22-20-16-12-8-2)39-33-34-41-53(57)58-47-50-45-48(36-29-17-13-9-3)44-49(46-50)37-30-18-14-10-4/h44-46,51H,7-43,47H2,1-6H3. The maximum absolute atomic E-state index is 14.0. The normalized spacial score (nSPS) is 12.1. The van der Waals surface area contributed by atoms with Crippen molar-refractivity contribution in [1.29, 1.82) is 0 Å². The molecule has 0 saturated carbocycles. The third-order valence-electron chi connectivity index (χ3n) is 12.2. The highest BCUT2D eigenvalue weighted by molar-refractivity contribution is 5.76. The van der Waals surface area contributed by atoms with Gasteiger partial charge in [0.2, 0.25) is 5.91 Å². The molecule has 0 heterocycles. The van der Waals surface area contributed by atoms with Crippen molar-refractivity contribution in [3.8, 4) is 0 Å². The van der Waals surface area contributed by atoms with Crippen molar-refractivity contribution < 1.29 is 14.3 Å². The van der Waals surface area contributed by atoms with Gasteiger partial charge in [0.25, 0.3) is 0 Å². The van der Waals surface area contributed by atoms with Gasteiger partial charge in [-0.25, -0.2) is 0 Å². The number of hydrogen-bond donors (Lipinski definition) is 0. The molecule has 1 aromatic rings. The molecule has 1 atom stereocenters. The van der Waals surface area contributed by atoms with E-state index in [0.717, 1.165) is 70.0 Å². The van der Waals surface area contributed by atoms with Crippen LogP contribution in [0.1, 0.15) is 256 Å². The number of ether oxygens (including phenoxy) is 1. The molecule has 0 aromatic heterocycles. The summed E-state index contributed by atoms with van der Waals surface area (Å²) in [5.74, 6) is 0.275. The summed E-state index contributed by atoms with van der Waals surface area (Å²) < 4.78 is 5.91. The van der Waals surface area contributed by atoms with Crippen LogP contribution < -0.4 is 0 Å². The molecule has 5 nitrogen and oxygen atoms in total. The molecule has 0 bridgehead atoms. The number of hydrogen-bond acceptors (Lipinski definition) is 4. The first-order chi connectivity index (χ1) is 28.3. The zero-order chi connectivity index (χ0) is 42.3. The van der Waals surface area contributed by atoms with Gasteiger partial charge in [0.1, 0.15) is 6.61 Å². The van der Waals surface area contributed by atoms with Crippen molar-refractivity contribution in [3.05, 3.63) is 34.9 Å². The zero-order valence-electron chi connectivity index (χ0n) is 39.8. The van der Waals surface area contributed by atoms with Crippen molar-refractivity contribution in [2.24, 2.45) is 0 Å². The lowest BCUT2D eigenvalue weighted by Gasteiger charge is -2.33. The number of esters is 1. The van der Waals surface area contributed by atoms with Gasteiger partial charge in [-0.3, -0.25) is 9.59 Å². The summed E-state index contributed by atoms with van der Waals surface area (Å²) in [6.07, 6.45) is 41.7. The molecule has 1 unspecified atom stereocenters. The van der Waals surface area contributed by atoms with Crippen molar-refractivity contribution in [1.82, 2.24) is 9.80 Å². The predicted molar refractivity (Wildman–Crippen MR) is 253 cm³/mol. The average molecular weight is 811 g/mol. The molecule has 5 heteroatoms. The molecule has 1 aromatic carbocycles. The van der Waals surface area contributed by atoms with Gasteiger partial charge in [-0.15, -0.1) is 0 Å². The van der Waals surface area contributed by atoms with Crippen LogP contribution >= 0.6 is 0 Å². The molecule has 338 valence electrons. The summed E-state index contributed by atoms with van der Waals surface area (Å²) in [6.45, 7) is 11.3. The fraction of sp³-hybridized carbons (Fsp3) is 0.849. The van der Waals surface area contributed by atoms with Crippen LogP contribution in [0.5, 0.6) is 0 Å². The first-order valence-electron chi connectivity index (χ1n) is 25.6. The van der Waals surface area contributed by atoms with Gasteiger partial charge >= 0.3 is 5.97 Å². The Morgan fingerprint density at radius 1 is 0.466 bits per heavy atom. The van der Waals surface area contributed by atoms with E-state index in [1.165, 1.54) is 172 Å². The van der Waals surface area contributed by atoms with Crippen LogP contribution in [0.2, 0.25) is 0 Å². The molecule has 1 rings (SSSR count). The summed E-state index contributed by atoms with van der Waals surface area (Å²) >= 11 is 0. The molecule has 0 N–H and O–H groups in total. The molecular formula is C53H98N2O3. The fourth-order valence-corrected chi connectivity index (χ4v) is 8.55. The second-order valence-electron chi connectivity index (χ2n) is 18.3. The number of amides is 1. The number of nitrogens with zero attached hydrogens (tertiary/aromatic N) is 2. The number of aryl methyl sites for hydroxylation is 2. The van der Waals surface area contributed by atoms with E-state index in [1.807, 2.05) is 0 Å². The summed E-state index contributed by atoms with van der Waals surface area (Å²) in [7, 11) is 4.26. The SMILES string of the molecule is CCCCCCCCCCCCC(=O)N(CCCN(C)C)C(CCCCCCCCCC)CCCCC(=O)OCc1cc(CCCCCC)cc(CCCCCC)c1. The molecular weight excluding hydrogens is 713 g/mol. The van der Waals surface area contributed by atoms with Gasteiger partial charge in [-0.05, 0) is 95.1 Å². The summed E-state index contributed by atoms with van der Waals surface area (Å²) in [5, 5.41) is 0. The Bertz CT molecular complexity index is 1060. The summed E-state index contributed by atoms with van der Waals surface area (Å²) in [5.41, 5.74) is 3.94. The van der Waals surface area contributed by atoms with Crippen LogP contribution in [0.4, 0.5) is 0 Å². The van der Waals surface area contributed by atoms with E-state index in [-0.39, 0.29) is 12.0 Å². The molecule has 0 aliphatic heterocycles. The maximum atomic E-state index is 14.0. The van der Waals surface area contributed by atoms with Crippen molar-refractivity contribution in [2.45, 2.75) is 265 Å². The van der Waals surface area contributed by atoms with Crippen molar-refractivity contribution in [2.75, 3.05) is 27.2 Å². The van der Waals surface area contributed by atoms with Crippen LogP contribution in [0, 0.1) is 0 Å². The number of benzene rings is 1. The zero-order valence-corrected chi connectivity index (χ0v) is 39.8. The number of carbonyl (C=O) groups excluding carboxylic acids is 2. The van der Waals surface area contributed by atoms with Gasteiger partial charge in [-0.2, -0.15) is 0 Å². The molecule has 0 aliphatic rings. The lowest BCUT2D eigenvalue weighted by molar-refractivity contribution is -0.145. The Labute approximate surface area is 362 Å². The minimum Gasteiger partial charge on any atom is -0.461 e. The highest BCUT2D eigenvalue weighted by Gasteiger charge is 2.23. The number of rotatable bonds is 42. The predicted octanol–water partition coefficient (Wildman–Crippen LogP) is 15.5. The minimum atomic E-state index is -0.0858. The average Bonchev–Trinajstić information content (AvgIpc) is 3.21. The maximum Gasteiger partial charge on any atom is 0.306 e. The van der Waals surface area contributed by atoms with E-state index in [2.05, 4.69) is 69.8 Å². The quantitative estimate of drug-likeness (QED) is 0.0487. The highest BCUT2D eigenvalue weighted by atomic mass is 16.5. The molecule has 0 saturated heterocycles. The molecule has 0 spiro atoms. The first-order valence-corrected chi connectivity index (χ1v) is 25.6. The Morgan fingerprint density at radius 3 is 1.34 bits per heavy atom. The molecule has 0 aliphatic carbocycles. The topological polar surface area (TPSA) is 49.9 Å². The van der Waals surface area contributed by atoms with Crippen LogP contribution in [0.25, 0.3) is 0 Å². The summed E-state index contributed by atoms with van der Waals surface area (Å²) in [4.78, 5) is 31.6. The van der Waals surface area contributed by atoms with Crippen molar-refractivity contribution in [3.63, 3.8) is 0 Å². The first kappa shape index (κ1) is 54.1. The van der Waals surface area contributed by atoms with Gasteiger partial charge < -0.3 is 14.5 Å². The largest absolute Gasteiger partial charge is 0.461 e. The van der Waals surface area contributed by atoms with Crippen molar-refractivity contribution >= 4 is 11.9 Å². The van der Waals surface area contributed by atoms with Gasteiger partial charge in [0, 0.05) is 25.4 Å². The van der Waals surface area contributed by atoms with Gasteiger partial charge in [0.15, 0.2) is 0 Å². The Balaban J connectivity index is 2.80. The van der Waals surface area contributed by atoms with Crippen LogP contribution in [0.15, 0.2) is 18.2 Å². The smallest absolute Gasteiger partial charge is 0.306 e. The van der Waals surface area contributed by atoms with E-state index >= 15 is 0 Å². The lowest BCUT2D eigenvalue weighted by atomic mass is 9.97. The Morgan fingerprint density at radius 2 is 0.862 bits per heavy atom. The van der Waals surface area contributed by atoms with Gasteiger partial charge in [0.05, 0.1) is 0 Å². The van der Waals surface area contributed by atoms with E-state index in [1.54, 1.807) is 0 Å². The number of unbranched alkanes of at least 4 members (excludes halogenated alkanes) is 23. The second-order valence-corrected chi connectivity index (χ2v) is 18.3.